The minimum atomic E-state index is -0.561. The van der Waals surface area contributed by atoms with E-state index in [0.717, 1.165) is 11.1 Å². The molecule has 0 radical (unpaired) electrons. The van der Waals surface area contributed by atoms with Gasteiger partial charge in [-0.2, -0.15) is 0 Å². The molecular weight excluding hydrogens is 216 g/mol. The molecule has 17 heavy (non-hydrogen) atoms. The van der Waals surface area contributed by atoms with Crippen molar-refractivity contribution in [2.24, 2.45) is 0 Å². The first kappa shape index (κ1) is 13.5. The molecule has 0 saturated carbocycles. The van der Waals surface area contributed by atoms with Crippen LogP contribution in [0.15, 0.2) is 42.5 Å². The normalized spacial score (nSPS) is 11.9. The average molecular weight is 234 g/mol. The Morgan fingerprint density at radius 3 is 2.59 bits per heavy atom. The summed E-state index contributed by atoms with van der Waals surface area (Å²) in [5.74, 6) is -0.357. The van der Waals surface area contributed by atoms with Crippen LogP contribution in [0.1, 0.15) is 19.4 Å². The Morgan fingerprint density at radius 2 is 2.00 bits per heavy atom. The molecule has 1 atom stereocenters. The van der Waals surface area contributed by atoms with Crippen molar-refractivity contribution in [3.63, 3.8) is 0 Å². The number of hydrogen-bond donors (Lipinski definition) is 0. The van der Waals surface area contributed by atoms with Crippen LogP contribution >= 0.6 is 0 Å². The summed E-state index contributed by atoms with van der Waals surface area (Å²) in [6.45, 7) is 7.81. The molecular formula is C14H18O3. The van der Waals surface area contributed by atoms with Gasteiger partial charge in [-0.25, -0.2) is 4.79 Å². The Morgan fingerprint density at radius 1 is 1.35 bits per heavy atom. The Balaban J connectivity index is 2.31. The fourth-order valence-electron chi connectivity index (χ4n) is 1.18. The van der Waals surface area contributed by atoms with Crippen molar-refractivity contribution in [3.8, 4) is 0 Å². The van der Waals surface area contributed by atoms with Crippen molar-refractivity contribution < 1.29 is 14.3 Å². The first-order valence-corrected chi connectivity index (χ1v) is 5.56. The molecule has 0 N–H and O–H groups in total. The van der Waals surface area contributed by atoms with E-state index in [9.17, 15) is 4.79 Å². The smallest absolute Gasteiger partial charge is 0.335 e. The van der Waals surface area contributed by atoms with E-state index in [1.807, 2.05) is 37.3 Å². The zero-order valence-corrected chi connectivity index (χ0v) is 10.3. The van der Waals surface area contributed by atoms with Gasteiger partial charge in [0.2, 0.25) is 0 Å². The monoisotopic (exact) mass is 234 g/mol. The Kier molecular flexibility index (Phi) is 5.43. The van der Waals surface area contributed by atoms with E-state index in [4.69, 9.17) is 9.47 Å². The summed E-state index contributed by atoms with van der Waals surface area (Å²) in [5, 5.41) is 0. The SMILES string of the molecule is C=C(C)COC(=O)C(C)OCc1ccccc1. The third-order valence-electron chi connectivity index (χ3n) is 2.14. The van der Waals surface area contributed by atoms with Gasteiger partial charge in [0.25, 0.3) is 0 Å². The second-order valence-electron chi connectivity index (χ2n) is 4.00. The van der Waals surface area contributed by atoms with Gasteiger partial charge in [0.1, 0.15) is 6.61 Å². The fourth-order valence-corrected chi connectivity index (χ4v) is 1.18. The molecule has 0 fully saturated rings. The predicted molar refractivity (Wildman–Crippen MR) is 66.5 cm³/mol. The van der Waals surface area contributed by atoms with Gasteiger partial charge in [-0.3, -0.25) is 0 Å². The predicted octanol–water partition coefficient (Wildman–Crippen LogP) is 2.71. The van der Waals surface area contributed by atoms with E-state index in [1.54, 1.807) is 6.92 Å². The van der Waals surface area contributed by atoms with Crippen molar-refractivity contribution in [1.82, 2.24) is 0 Å². The fraction of sp³-hybridized carbons (Fsp3) is 0.357. The van der Waals surface area contributed by atoms with Gasteiger partial charge in [0, 0.05) is 0 Å². The van der Waals surface area contributed by atoms with E-state index in [0.29, 0.717) is 6.61 Å². The quantitative estimate of drug-likeness (QED) is 0.561. The lowest BCUT2D eigenvalue weighted by Gasteiger charge is -2.12. The Hall–Kier alpha value is -1.61. The Labute approximate surface area is 102 Å². The van der Waals surface area contributed by atoms with Crippen LogP contribution in [-0.4, -0.2) is 18.7 Å². The highest BCUT2D eigenvalue weighted by atomic mass is 16.6. The van der Waals surface area contributed by atoms with E-state index < -0.39 is 6.10 Å². The molecule has 0 saturated heterocycles. The maximum Gasteiger partial charge on any atom is 0.335 e. The molecule has 0 amide bonds. The van der Waals surface area contributed by atoms with Crippen LogP contribution in [0.2, 0.25) is 0 Å². The highest BCUT2D eigenvalue weighted by molar-refractivity contribution is 5.74. The number of ether oxygens (including phenoxy) is 2. The molecule has 3 nitrogen and oxygen atoms in total. The summed E-state index contributed by atoms with van der Waals surface area (Å²) in [6, 6.07) is 9.71. The third-order valence-corrected chi connectivity index (χ3v) is 2.14. The van der Waals surface area contributed by atoms with Crippen LogP contribution in [-0.2, 0) is 20.9 Å². The van der Waals surface area contributed by atoms with Crippen LogP contribution in [0.25, 0.3) is 0 Å². The molecule has 1 rings (SSSR count). The molecule has 0 aliphatic carbocycles. The molecule has 3 heteroatoms. The van der Waals surface area contributed by atoms with Crippen molar-refractivity contribution in [1.29, 1.82) is 0 Å². The molecule has 1 aromatic carbocycles. The van der Waals surface area contributed by atoms with Crippen molar-refractivity contribution >= 4 is 5.97 Å². The molecule has 0 bridgehead atoms. The second-order valence-corrected chi connectivity index (χ2v) is 4.00. The van der Waals surface area contributed by atoms with Gasteiger partial charge in [-0.15, -0.1) is 0 Å². The van der Waals surface area contributed by atoms with Gasteiger partial charge in [-0.1, -0.05) is 36.9 Å². The summed E-state index contributed by atoms with van der Waals surface area (Å²) in [5.41, 5.74) is 1.85. The summed E-state index contributed by atoms with van der Waals surface area (Å²) < 4.78 is 10.4. The maximum absolute atomic E-state index is 11.5. The highest BCUT2D eigenvalue weighted by Crippen LogP contribution is 2.04. The highest BCUT2D eigenvalue weighted by Gasteiger charge is 2.14. The molecule has 0 aliphatic heterocycles. The molecule has 1 unspecified atom stereocenters. The second kappa shape index (κ2) is 6.86. The molecule has 0 aromatic heterocycles. The number of esters is 1. The minimum Gasteiger partial charge on any atom is -0.459 e. The van der Waals surface area contributed by atoms with Crippen LogP contribution in [0.4, 0.5) is 0 Å². The first-order chi connectivity index (χ1) is 8.09. The topological polar surface area (TPSA) is 35.5 Å². The maximum atomic E-state index is 11.5. The summed E-state index contributed by atoms with van der Waals surface area (Å²) in [6.07, 6.45) is -0.561. The molecule has 0 aliphatic rings. The molecule has 0 spiro atoms. The van der Waals surface area contributed by atoms with Crippen LogP contribution in [0, 0.1) is 0 Å². The zero-order valence-electron chi connectivity index (χ0n) is 10.3. The van der Waals surface area contributed by atoms with Crippen molar-refractivity contribution in [2.45, 2.75) is 26.6 Å². The van der Waals surface area contributed by atoms with E-state index in [1.165, 1.54) is 0 Å². The lowest BCUT2D eigenvalue weighted by atomic mass is 10.2. The summed E-state index contributed by atoms with van der Waals surface area (Å²) in [7, 11) is 0. The Bertz CT molecular complexity index is 370. The molecule has 0 heterocycles. The molecule has 92 valence electrons. The zero-order chi connectivity index (χ0) is 12.7. The van der Waals surface area contributed by atoms with Gasteiger partial charge < -0.3 is 9.47 Å². The van der Waals surface area contributed by atoms with Gasteiger partial charge >= 0.3 is 5.97 Å². The third kappa shape index (κ3) is 5.31. The largest absolute Gasteiger partial charge is 0.459 e. The standard InChI is InChI=1S/C14H18O3/c1-11(2)9-17-14(15)12(3)16-10-13-7-5-4-6-8-13/h4-8,12H,1,9-10H2,2-3H3. The van der Waals surface area contributed by atoms with Crippen LogP contribution in [0.3, 0.4) is 0 Å². The number of carbonyl (C=O) groups excluding carboxylic acids is 1. The van der Waals surface area contributed by atoms with Crippen LogP contribution < -0.4 is 0 Å². The van der Waals surface area contributed by atoms with E-state index in [-0.39, 0.29) is 12.6 Å². The lowest BCUT2D eigenvalue weighted by molar-refractivity contribution is -0.155. The van der Waals surface area contributed by atoms with Crippen molar-refractivity contribution in [2.75, 3.05) is 6.61 Å². The van der Waals surface area contributed by atoms with Crippen molar-refractivity contribution in [3.05, 3.63) is 48.0 Å². The number of carbonyl (C=O) groups is 1. The average Bonchev–Trinajstić information content (AvgIpc) is 2.34. The number of benzene rings is 1. The minimum absolute atomic E-state index is 0.248. The first-order valence-electron chi connectivity index (χ1n) is 5.56. The van der Waals surface area contributed by atoms with Gasteiger partial charge in [0.15, 0.2) is 6.10 Å². The molecule has 1 aromatic rings. The number of hydrogen-bond acceptors (Lipinski definition) is 3. The van der Waals surface area contributed by atoms with Crippen LogP contribution in [0.5, 0.6) is 0 Å². The summed E-state index contributed by atoms with van der Waals surface area (Å²) >= 11 is 0. The van der Waals surface area contributed by atoms with Gasteiger partial charge in [0.05, 0.1) is 6.61 Å². The van der Waals surface area contributed by atoms with E-state index in [2.05, 4.69) is 6.58 Å². The number of rotatable bonds is 6. The lowest BCUT2D eigenvalue weighted by Crippen LogP contribution is -2.23. The van der Waals surface area contributed by atoms with E-state index >= 15 is 0 Å². The van der Waals surface area contributed by atoms with Gasteiger partial charge in [-0.05, 0) is 25.0 Å². The summed E-state index contributed by atoms with van der Waals surface area (Å²) in [4.78, 5) is 11.5.